The first-order valence-electron chi connectivity index (χ1n) is 7.63. The number of rotatable bonds is 2. The van der Waals surface area contributed by atoms with E-state index in [1.807, 2.05) is 0 Å². The van der Waals surface area contributed by atoms with E-state index in [0.29, 0.717) is 11.5 Å². The fraction of sp³-hybridized carbons (Fsp3) is 0.733. The molecule has 0 spiro atoms. The number of aryl methyl sites for hydroxylation is 2. The van der Waals surface area contributed by atoms with Gasteiger partial charge in [0.05, 0.1) is 5.69 Å². The monoisotopic (exact) mass is 292 g/mol. The molecule has 1 saturated carbocycles. The van der Waals surface area contributed by atoms with Crippen molar-refractivity contribution in [3.8, 4) is 0 Å². The van der Waals surface area contributed by atoms with Gasteiger partial charge < -0.3 is 4.98 Å². The summed E-state index contributed by atoms with van der Waals surface area (Å²) < 4.78 is 5.28. The van der Waals surface area contributed by atoms with Gasteiger partial charge in [0.15, 0.2) is 10.4 Å². The summed E-state index contributed by atoms with van der Waals surface area (Å²) in [4.78, 5) is 3.38. The predicted octanol–water partition coefficient (Wildman–Crippen LogP) is 4.37. The van der Waals surface area contributed by atoms with E-state index in [2.05, 4.69) is 47.0 Å². The first-order valence-corrected chi connectivity index (χ1v) is 8.04. The topological polar surface area (TPSA) is 38.5 Å². The maximum absolute atomic E-state index is 5.62. The van der Waals surface area contributed by atoms with Crippen molar-refractivity contribution in [3.05, 3.63) is 10.5 Å². The van der Waals surface area contributed by atoms with Crippen molar-refractivity contribution < 1.29 is 0 Å². The molecule has 2 heterocycles. The van der Waals surface area contributed by atoms with E-state index in [-0.39, 0.29) is 0 Å². The predicted molar refractivity (Wildman–Crippen MR) is 84.6 cm³/mol. The van der Waals surface area contributed by atoms with Crippen molar-refractivity contribution in [2.75, 3.05) is 0 Å². The minimum atomic E-state index is 0.294. The molecule has 1 unspecified atom stereocenters. The van der Waals surface area contributed by atoms with Crippen LogP contribution in [0.1, 0.15) is 58.2 Å². The molecule has 0 aliphatic heterocycles. The number of aromatic amines is 1. The molecule has 0 saturated heterocycles. The zero-order chi connectivity index (χ0) is 14.5. The number of imidazole rings is 1. The molecule has 110 valence electrons. The van der Waals surface area contributed by atoms with Gasteiger partial charge in [-0.25, -0.2) is 4.68 Å². The lowest BCUT2D eigenvalue weighted by Crippen LogP contribution is -2.31. The van der Waals surface area contributed by atoms with E-state index >= 15 is 0 Å². The molecule has 20 heavy (non-hydrogen) atoms. The third-order valence-corrected chi connectivity index (χ3v) is 5.14. The average Bonchev–Trinajstić information content (AvgIpc) is 2.87. The molecule has 1 N–H and O–H groups in total. The quantitative estimate of drug-likeness (QED) is 0.835. The smallest absolute Gasteiger partial charge is 0.179 e. The van der Waals surface area contributed by atoms with Gasteiger partial charge in [-0.15, -0.1) is 0 Å². The van der Waals surface area contributed by atoms with Gasteiger partial charge in [-0.05, 0) is 44.3 Å². The van der Waals surface area contributed by atoms with E-state index in [4.69, 9.17) is 12.2 Å². The molecule has 1 atom stereocenters. The first-order chi connectivity index (χ1) is 9.45. The Hall–Kier alpha value is -1.10. The third kappa shape index (κ3) is 1.94. The Balaban J connectivity index is 2.25. The lowest BCUT2D eigenvalue weighted by molar-refractivity contribution is 0.145. The first kappa shape index (κ1) is 13.9. The molecule has 0 bridgehead atoms. The normalized spacial score (nSPS) is 22.5. The van der Waals surface area contributed by atoms with E-state index in [1.54, 1.807) is 0 Å². The SMILES string of the molecule is CCn1nc(C)c2[nH]c(=S)n(C3CCCCC3(C)C)c21. The number of nitrogens with one attached hydrogen (secondary N) is 1. The van der Waals surface area contributed by atoms with Gasteiger partial charge in [0.2, 0.25) is 0 Å². The number of H-pyrrole nitrogens is 1. The van der Waals surface area contributed by atoms with Gasteiger partial charge in [0.25, 0.3) is 0 Å². The zero-order valence-corrected chi connectivity index (χ0v) is 13.7. The Kier molecular flexibility index (Phi) is 3.27. The van der Waals surface area contributed by atoms with Crippen LogP contribution in [-0.4, -0.2) is 19.3 Å². The van der Waals surface area contributed by atoms with Crippen molar-refractivity contribution in [3.63, 3.8) is 0 Å². The van der Waals surface area contributed by atoms with Crippen LogP contribution in [0.2, 0.25) is 0 Å². The Morgan fingerprint density at radius 1 is 1.40 bits per heavy atom. The molecule has 0 radical (unpaired) electrons. The Morgan fingerprint density at radius 3 is 2.80 bits per heavy atom. The summed E-state index contributed by atoms with van der Waals surface area (Å²) in [6, 6.07) is 0.471. The highest BCUT2D eigenvalue weighted by Gasteiger charge is 2.35. The molecule has 2 aromatic heterocycles. The molecule has 2 aromatic rings. The molecule has 0 aromatic carbocycles. The molecule has 3 rings (SSSR count). The van der Waals surface area contributed by atoms with Crippen molar-refractivity contribution in [2.24, 2.45) is 5.41 Å². The summed E-state index contributed by atoms with van der Waals surface area (Å²) in [5.41, 5.74) is 3.62. The lowest BCUT2D eigenvalue weighted by Gasteiger charge is -2.39. The number of hydrogen-bond donors (Lipinski definition) is 1. The minimum absolute atomic E-state index is 0.294. The minimum Gasteiger partial charge on any atom is -0.328 e. The van der Waals surface area contributed by atoms with Gasteiger partial charge in [-0.2, -0.15) is 5.10 Å². The Labute approximate surface area is 125 Å². The van der Waals surface area contributed by atoms with Crippen molar-refractivity contribution in [2.45, 2.75) is 66.0 Å². The van der Waals surface area contributed by atoms with Crippen LogP contribution in [0.5, 0.6) is 0 Å². The second-order valence-corrected chi connectivity index (χ2v) is 7.04. The number of hydrogen-bond acceptors (Lipinski definition) is 2. The van der Waals surface area contributed by atoms with Gasteiger partial charge >= 0.3 is 0 Å². The van der Waals surface area contributed by atoms with Crippen LogP contribution in [0.15, 0.2) is 0 Å². The number of nitrogens with zero attached hydrogens (tertiary/aromatic N) is 3. The molecule has 1 aliphatic carbocycles. The highest BCUT2D eigenvalue weighted by molar-refractivity contribution is 7.71. The molecule has 0 amide bonds. The van der Waals surface area contributed by atoms with Crippen molar-refractivity contribution >= 4 is 23.4 Å². The van der Waals surface area contributed by atoms with Crippen LogP contribution in [0.25, 0.3) is 11.2 Å². The molecule has 1 fully saturated rings. The summed E-state index contributed by atoms with van der Waals surface area (Å²) in [6.45, 7) is 9.81. The summed E-state index contributed by atoms with van der Waals surface area (Å²) in [6.07, 6.45) is 5.10. The zero-order valence-electron chi connectivity index (χ0n) is 12.9. The second kappa shape index (κ2) is 4.72. The van der Waals surface area contributed by atoms with Gasteiger partial charge in [0, 0.05) is 12.6 Å². The molecular weight excluding hydrogens is 268 g/mol. The second-order valence-electron chi connectivity index (χ2n) is 6.65. The van der Waals surface area contributed by atoms with Crippen LogP contribution < -0.4 is 0 Å². The Morgan fingerprint density at radius 2 is 2.15 bits per heavy atom. The van der Waals surface area contributed by atoms with Crippen LogP contribution in [-0.2, 0) is 6.54 Å². The summed E-state index contributed by atoms with van der Waals surface area (Å²) in [5, 5.41) is 4.63. The summed E-state index contributed by atoms with van der Waals surface area (Å²) >= 11 is 5.62. The van der Waals surface area contributed by atoms with Gasteiger partial charge in [0.1, 0.15) is 5.52 Å². The third-order valence-electron chi connectivity index (χ3n) is 4.84. The number of aromatic nitrogens is 4. The molecular formula is C15H24N4S. The van der Waals surface area contributed by atoms with Crippen LogP contribution >= 0.6 is 12.2 Å². The maximum Gasteiger partial charge on any atom is 0.179 e. The number of fused-ring (bicyclic) bond motifs is 1. The van der Waals surface area contributed by atoms with Crippen molar-refractivity contribution in [1.29, 1.82) is 0 Å². The van der Waals surface area contributed by atoms with E-state index in [0.717, 1.165) is 22.5 Å². The molecule has 5 heteroatoms. The summed E-state index contributed by atoms with van der Waals surface area (Å²) in [7, 11) is 0. The van der Waals surface area contributed by atoms with E-state index in [1.165, 1.54) is 31.3 Å². The molecule has 1 aliphatic rings. The lowest BCUT2D eigenvalue weighted by atomic mass is 9.73. The van der Waals surface area contributed by atoms with Gasteiger partial charge in [-0.1, -0.05) is 26.7 Å². The van der Waals surface area contributed by atoms with E-state index in [9.17, 15) is 0 Å². The maximum atomic E-state index is 5.62. The largest absolute Gasteiger partial charge is 0.328 e. The molecule has 4 nitrogen and oxygen atoms in total. The Bertz CT molecular complexity index is 689. The summed E-state index contributed by atoms with van der Waals surface area (Å²) in [5.74, 6) is 0. The van der Waals surface area contributed by atoms with Crippen LogP contribution in [0.3, 0.4) is 0 Å². The fourth-order valence-corrected chi connectivity index (χ4v) is 4.00. The van der Waals surface area contributed by atoms with Crippen LogP contribution in [0, 0.1) is 17.1 Å². The van der Waals surface area contributed by atoms with Crippen molar-refractivity contribution in [1.82, 2.24) is 19.3 Å². The van der Waals surface area contributed by atoms with E-state index < -0.39 is 0 Å². The van der Waals surface area contributed by atoms with Gasteiger partial charge in [-0.3, -0.25) is 4.57 Å². The highest BCUT2D eigenvalue weighted by atomic mass is 32.1. The highest BCUT2D eigenvalue weighted by Crippen LogP contribution is 2.45. The average molecular weight is 292 g/mol. The van der Waals surface area contributed by atoms with Crippen LogP contribution in [0.4, 0.5) is 0 Å². The fourth-order valence-electron chi connectivity index (χ4n) is 3.69. The standard InChI is InChI=1S/C15H24N4S/c1-5-18-13-12(10(2)17-18)16-14(20)19(13)11-8-6-7-9-15(11,3)4/h11H,5-9H2,1-4H3,(H,16,20).